The zero-order valence-corrected chi connectivity index (χ0v) is 23.9. The Kier molecular flexibility index (Phi) is 4.15. The molecule has 0 radical (unpaired) electrons. The number of furan rings is 1. The maximum Gasteiger partial charge on any atom is 0.143 e. The molecular formula is C44H28O. The molecule has 0 aliphatic heterocycles. The second-order valence-corrected chi connectivity index (χ2v) is 10.9. The molecular weight excluding hydrogens is 544 g/mol. The molecule has 0 saturated heterocycles. The van der Waals surface area contributed by atoms with Gasteiger partial charge in [-0.25, -0.2) is 0 Å². The van der Waals surface area contributed by atoms with E-state index < -0.39 is 18.1 Å². The molecule has 9 rings (SSSR count). The first-order chi connectivity index (χ1) is 26.1. The van der Waals surface area contributed by atoms with E-state index in [0.29, 0.717) is 39.0 Å². The van der Waals surface area contributed by atoms with Crippen molar-refractivity contribution in [2.75, 3.05) is 0 Å². The summed E-state index contributed by atoms with van der Waals surface area (Å²) in [6.07, 6.45) is 0. The van der Waals surface area contributed by atoms with Gasteiger partial charge in [-0.2, -0.15) is 0 Å². The summed E-state index contributed by atoms with van der Waals surface area (Å²) >= 11 is 0. The minimum Gasteiger partial charge on any atom is -0.455 e. The second kappa shape index (κ2) is 10.4. The molecule has 0 N–H and O–H groups in total. The molecule has 1 aromatic heterocycles. The van der Waals surface area contributed by atoms with E-state index in [1.807, 2.05) is 103 Å². The van der Waals surface area contributed by atoms with Crippen molar-refractivity contribution in [3.05, 3.63) is 170 Å². The lowest BCUT2D eigenvalue weighted by Gasteiger charge is -2.19. The standard InChI is InChI=1S/C44H28O/c1-3-15-29(16-4-1)31-19-7-8-20-33(31)41-34-21-9-11-23-36(34)42(37-24-12-10-22-35(37)41)40-28-14-27-39-38-26-13-25-32(43(38)45-44(39)40)30-17-5-2-6-18-30/h1-28H/i2D,5D,6D,7D,8D,17D,18D,19D,20D. The van der Waals surface area contributed by atoms with E-state index in [-0.39, 0.29) is 41.8 Å². The van der Waals surface area contributed by atoms with Crippen LogP contribution in [0.15, 0.2) is 174 Å². The van der Waals surface area contributed by atoms with Crippen molar-refractivity contribution in [2.45, 2.75) is 0 Å². The van der Waals surface area contributed by atoms with E-state index in [1.165, 1.54) is 0 Å². The first kappa shape index (κ1) is 18.0. The lowest BCUT2D eigenvalue weighted by molar-refractivity contribution is 0.671. The topological polar surface area (TPSA) is 13.1 Å². The fraction of sp³-hybridized carbons (Fsp3) is 0. The third-order valence-corrected chi connectivity index (χ3v) is 8.49. The van der Waals surface area contributed by atoms with Crippen LogP contribution in [0.3, 0.4) is 0 Å². The highest BCUT2D eigenvalue weighted by atomic mass is 16.3. The van der Waals surface area contributed by atoms with Crippen LogP contribution in [-0.4, -0.2) is 0 Å². The molecule has 1 heterocycles. The van der Waals surface area contributed by atoms with E-state index in [1.54, 1.807) is 12.1 Å². The van der Waals surface area contributed by atoms with Crippen LogP contribution in [0, 0.1) is 0 Å². The monoisotopic (exact) mass is 581 g/mol. The molecule has 0 fully saturated rings. The van der Waals surface area contributed by atoms with Crippen LogP contribution in [-0.2, 0) is 0 Å². The van der Waals surface area contributed by atoms with Crippen LogP contribution in [0.2, 0.25) is 0 Å². The predicted molar refractivity (Wildman–Crippen MR) is 190 cm³/mol. The Morgan fingerprint density at radius 3 is 1.42 bits per heavy atom. The Hall–Kier alpha value is -5.92. The summed E-state index contributed by atoms with van der Waals surface area (Å²) in [5, 5.41) is 4.79. The molecule has 1 nitrogen and oxygen atoms in total. The maximum atomic E-state index is 9.29. The van der Waals surface area contributed by atoms with Gasteiger partial charge in [0.15, 0.2) is 0 Å². The van der Waals surface area contributed by atoms with E-state index in [9.17, 15) is 1.37 Å². The lowest BCUT2D eigenvalue weighted by atomic mass is 9.83. The minimum atomic E-state index is -0.461. The zero-order valence-electron chi connectivity index (χ0n) is 32.9. The molecule has 0 aliphatic rings. The number of para-hydroxylation sites is 2. The van der Waals surface area contributed by atoms with Crippen LogP contribution < -0.4 is 0 Å². The fourth-order valence-corrected chi connectivity index (χ4v) is 6.61. The summed E-state index contributed by atoms with van der Waals surface area (Å²) in [6, 6.07) is 33.5. The van der Waals surface area contributed by atoms with Gasteiger partial charge in [0.1, 0.15) is 11.2 Å². The average molecular weight is 582 g/mol. The fourth-order valence-electron chi connectivity index (χ4n) is 6.61. The molecule has 0 bridgehead atoms. The summed E-state index contributed by atoms with van der Waals surface area (Å²) in [5.41, 5.74) is 5.25. The highest BCUT2D eigenvalue weighted by Crippen LogP contribution is 2.48. The summed E-state index contributed by atoms with van der Waals surface area (Å²) in [4.78, 5) is 0. The summed E-state index contributed by atoms with van der Waals surface area (Å²) < 4.78 is 84.6. The van der Waals surface area contributed by atoms with Gasteiger partial charge < -0.3 is 4.42 Å². The molecule has 0 spiro atoms. The van der Waals surface area contributed by atoms with Crippen molar-refractivity contribution in [1.29, 1.82) is 0 Å². The highest BCUT2D eigenvalue weighted by Gasteiger charge is 2.22. The lowest BCUT2D eigenvalue weighted by Crippen LogP contribution is -1.92. The van der Waals surface area contributed by atoms with Crippen LogP contribution in [0.1, 0.15) is 12.3 Å². The van der Waals surface area contributed by atoms with Gasteiger partial charge in [-0.3, -0.25) is 0 Å². The molecule has 0 atom stereocenters. The minimum absolute atomic E-state index is 0.0640. The van der Waals surface area contributed by atoms with Crippen LogP contribution in [0.25, 0.3) is 88.0 Å². The Balaban J connectivity index is 1.40. The van der Waals surface area contributed by atoms with Gasteiger partial charge >= 0.3 is 0 Å². The van der Waals surface area contributed by atoms with Crippen LogP contribution in [0.4, 0.5) is 0 Å². The molecule has 0 aliphatic carbocycles. The van der Waals surface area contributed by atoms with E-state index in [2.05, 4.69) is 0 Å². The number of fused-ring (bicyclic) bond motifs is 5. The third-order valence-electron chi connectivity index (χ3n) is 8.49. The van der Waals surface area contributed by atoms with Crippen molar-refractivity contribution in [2.24, 2.45) is 0 Å². The molecule has 0 saturated carbocycles. The van der Waals surface area contributed by atoms with E-state index in [0.717, 1.165) is 43.4 Å². The average Bonchev–Trinajstić information content (AvgIpc) is 3.59. The van der Waals surface area contributed by atoms with Gasteiger partial charge in [0.05, 0.1) is 12.3 Å². The molecule has 8 aromatic carbocycles. The SMILES string of the molecule is [2H]c1c([2H])c([2H])c(-c2cccc3c2oc2c(-c4c5ccccc5c(-c5c([2H])c([2H])c([2H])c([2H])c5-c5ccccc5)c5ccccc45)cccc23)c([2H])c1[2H]. The highest BCUT2D eigenvalue weighted by molar-refractivity contribution is 6.25. The van der Waals surface area contributed by atoms with Gasteiger partial charge in [-0.15, -0.1) is 0 Å². The Morgan fingerprint density at radius 2 is 0.800 bits per heavy atom. The molecule has 1 heteroatoms. The number of hydrogen-bond acceptors (Lipinski definition) is 1. The predicted octanol–water partition coefficient (Wildman–Crippen LogP) is 12.6. The summed E-state index contributed by atoms with van der Waals surface area (Å²) in [7, 11) is 0. The molecule has 0 unspecified atom stereocenters. The molecule has 210 valence electrons. The normalized spacial score (nSPS) is 14.4. The zero-order chi connectivity index (χ0) is 37.6. The number of benzene rings is 8. The Bertz CT molecular complexity index is 2960. The quantitative estimate of drug-likeness (QED) is 0.188. The van der Waals surface area contributed by atoms with E-state index in [4.69, 9.17) is 15.4 Å². The van der Waals surface area contributed by atoms with Crippen molar-refractivity contribution in [3.63, 3.8) is 0 Å². The summed E-state index contributed by atoms with van der Waals surface area (Å²) in [5.74, 6) is 0. The van der Waals surface area contributed by atoms with Gasteiger partial charge in [-0.05, 0) is 49.4 Å². The van der Waals surface area contributed by atoms with Gasteiger partial charge in [0, 0.05) is 27.5 Å². The largest absolute Gasteiger partial charge is 0.455 e. The van der Waals surface area contributed by atoms with Gasteiger partial charge in [0.25, 0.3) is 0 Å². The van der Waals surface area contributed by atoms with Gasteiger partial charge in [0.2, 0.25) is 0 Å². The van der Waals surface area contributed by atoms with Crippen LogP contribution >= 0.6 is 0 Å². The van der Waals surface area contributed by atoms with Crippen molar-refractivity contribution in [3.8, 4) is 44.5 Å². The summed E-state index contributed by atoms with van der Waals surface area (Å²) in [6.45, 7) is 0. The number of hydrogen-bond donors (Lipinski definition) is 0. The Morgan fingerprint density at radius 1 is 0.333 bits per heavy atom. The maximum absolute atomic E-state index is 9.29. The first-order valence-corrected chi connectivity index (χ1v) is 14.7. The van der Waals surface area contributed by atoms with Crippen molar-refractivity contribution >= 4 is 43.5 Å². The smallest absolute Gasteiger partial charge is 0.143 e. The number of rotatable bonds is 4. The van der Waals surface area contributed by atoms with Crippen LogP contribution in [0.5, 0.6) is 0 Å². The molecule has 45 heavy (non-hydrogen) atoms. The van der Waals surface area contributed by atoms with Crippen molar-refractivity contribution in [1.82, 2.24) is 0 Å². The van der Waals surface area contributed by atoms with Gasteiger partial charge in [-0.1, -0.05) is 170 Å². The first-order valence-electron chi connectivity index (χ1n) is 19.2. The van der Waals surface area contributed by atoms with E-state index >= 15 is 0 Å². The molecule has 9 aromatic rings. The third kappa shape index (κ3) is 4.02. The van der Waals surface area contributed by atoms with Crippen molar-refractivity contribution < 1.29 is 16.8 Å². The molecule has 0 amide bonds. The Labute approximate surface area is 274 Å². The second-order valence-electron chi connectivity index (χ2n) is 10.9.